The largest absolute Gasteiger partial charge is 0.504 e. The van der Waals surface area contributed by atoms with Crippen molar-refractivity contribution in [1.29, 1.82) is 0 Å². The van der Waals surface area contributed by atoms with Crippen LogP contribution in [0.1, 0.15) is 25.8 Å². The summed E-state index contributed by atoms with van der Waals surface area (Å²) in [5.74, 6) is -0.109. The molecule has 3 nitrogen and oxygen atoms in total. The number of ether oxygens (including phenoxy) is 1. The molecular formula is C11H14O3. The molecule has 0 saturated heterocycles. The second kappa shape index (κ2) is 4.65. The van der Waals surface area contributed by atoms with E-state index in [-0.39, 0.29) is 11.5 Å². The van der Waals surface area contributed by atoms with Gasteiger partial charge in [0.25, 0.3) is 0 Å². The maximum atomic E-state index is 10.7. The topological polar surface area (TPSA) is 46.5 Å². The van der Waals surface area contributed by atoms with Crippen LogP contribution in [0.2, 0.25) is 0 Å². The average molecular weight is 194 g/mol. The fourth-order valence-electron chi connectivity index (χ4n) is 1.28. The Morgan fingerprint density at radius 1 is 1.50 bits per heavy atom. The standard InChI is InChI=1S/C11H14O3/c1-3-5-9-6-4-7-10(11(9)13)14-8(2)12/h4,6-7,13H,3,5H2,1-2H3. The van der Waals surface area contributed by atoms with E-state index in [1.54, 1.807) is 12.1 Å². The highest BCUT2D eigenvalue weighted by Gasteiger charge is 2.08. The number of phenolic OH excluding ortho intramolecular Hbond substituents is 1. The average Bonchev–Trinajstić information content (AvgIpc) is 2.11. The van der Waals surface area contributed by atoms with E-state index in [9.17, 15) is 9.90 Å². The Kier molecular flexibility index (Phi) is 3.51. The van der Waals surface area contributed by atoms with Gasteiger partial charge in [0.2, 0.25) is 0 Å². The van der Waals surface area contributed by atoms with Crippen molar-refractivity contribution >= 4 is 5.97 Å². The highest BCUT2D eigenvalue weighted by molar-refractivity contribution is 5.70. The third-order valence-electron chi connectivity index (χ3n) is 1.86. The maximum absolute atomic E-state index is 10.7. The van der Waals surface area contributed by atoms with E-state index < -0.39 is 5.97 Å². The van der Waals surface area contributed by atoms with Crippen LogP contribution in [0.25, 0.3) is 0 Å². The molecule has 1 rings (SSSR count). The van der Waals surface area contributed by atoms with Gasteiger partial charge in [0.15, 0.2) is 11.5 Å². The van der Waals surface area contributed by atoms with Crippen molar-refractivity contribution in [3.05, 3.63) is 23.8 Å². The summed E-state index contributed by atoms with van der Waals surface area (Å²) in [6.07, 6.45) is 1.72. The van der Waals surface area contributed by atoms with E-state index in [0.29, 0.717) is 0 Å². The van der Waals surface area contributed by atoms with Gasteiger partial charge in [-0.25, -0.2) is 0 Å². The first-order valence-corrected chi connectivity index (χ1v) is 4.64. The van der Waals surface area contributed by atoms with Crippen molar-refractivity contribution in [1.82, 2.24) is 0 Å². The van der Waals surface area contributed by atoms with Crippen LogP contribution in [0.5, 0.6) is 11.5 Å². The summed E-state index contributed by atoms with van der Waals surface area (Å²) in [4.78, 5) is 10.7. The summed E-state index contributed by atoms with van der Waals surface area (Å²) in [7, 11) is 0. The molecule has 0 aromatic heterocycles. The van der Waals surface area contributed by atoms with Gasteiger partial charge in [0.1, 0.15) is 0 Å². The van der Waals surface area contributed by atoms with Crippen LogP contribution in [-0.4, -0.2) is 11.1 Å². The Morgan fingerprint density at radius 3 is 2.79 bits per heavy atom. The number of carbonyl (C=O) groups excluding carboxylic acids is 1. The van der Waals surface area contributed by atoms with E-state index >= 15 is 0 Å². The minimum absolute atomic E-state index is 0.0737. The van der Waals surface area contributed by atoms with Crippen LogP contribution < -0.4 is 4.74 Å². The summed E-state index contributed by atoms with van der Waals surface area (Å²) < 4.78 is 4.84. The molecule has 0 atom stereocenters. The molecule has 0 spiro atoms. The number of aryl methyl sites for hydroxylation is 1. The highest BCUT2D eigenvalue weighted by Crippen LogP contribution is 2.30. The van der Waals surface area contributed by atoms with Crippen LogP contribution in [0.15, 0.2) is 18.2 Å². The summed E-state index contributed by atoms with van der Waals surface area (Å²) in [5.41, 5.74) is 0.811. The normalized spacial score (nSPS) is 9.86. The van der Waals surface area contributed by atoms with Gasteiger partial charge in [0.05, 0.1) is 0 Å². The van der Waals surface area contributed by atoms with Crippen LogP contribution >= 0.6 is 0 Å². The number of para-hydroxylation sites is 1. The Bertz CT molecular complexity index is 331. The van der Waals surface area contributed by atoms with Gasteiger partial charge in [-0.3, -0.25) is 4.79 Å². The first-order chi connectivity index (χ1) is 6.65. The summed E-state index contributed by atoms with van der Waals surface area (Å²) in [6, 6.07) is 5.17. The molecule has 0 aliphatic rings. The van der Waals surface area contributed by atoms with Gasteiger partial charge in [-0.2, -0.15) is 0 Å². The van der Waals surface area contributed by atoms with Gasteiger partial charge in [-0.15, -0.1) is 0 Å². The predicted molar refractivity (Wildman–Crippen MR) is 53.4 cm³/mol. The second-order valence-electron chi connectivity index (χ2n) is 3.11. The molecule has 76 valence electrons. The van der Waals surface area contributed by atoms with Crippen LogP contribution in [0, 0.1) is 0 Å². The Labute approximate surface area is 83.3 Å². The van der Waals surface area contributed by atoms with Crippen LogP contribution in [0.3, 0.4) is 0 Å². The number of carbonyl (C=O) groups is 1. The number of hydrogen-bond acceptors (Lipinski definition) is 3. The Balaban J connectivity index is 2.94. The monoisotopic (exact) mass is 194 g/mol. The van der Waals surface area contributed by atoms with Gasteiger partial charge in [-0.1, -0.05) is 25.5 Å². The second-order valence-corrected chi connectivity index (χ2v) is 3.11. The SMILES string of the molecule is CCCc1cccc(OC(C)=O)c1O. The van der Waals surface area contributed by atoms with Crippen molar-refractivity contribution in [2.75, 3.05) is 0 Å². The summed E-state index contributed by atoms with van der Waals surface area (Å²) >= 11 is 0. The first-order valence-electron chi connectivity index (χ1n) is 4.64. The zero-order chi connectivity index (χ0) is 10.6. The summed E-state index contributed by atoms with van der Waals surface area (Å²) in [6.45, 7) is 3.34. The zero-order valence-corrected chi connectivity index (χ0v) is 8.41. The van der Waals surface area contributed by atoms with Crippen molar-refractivity contribution in [3.8, 4) is 11.5 Å². The molecular weight excluding hydrogens is 180 g/mol. The molecule has 0 saturated carbocycles. The lowest BCUT2D eigenvalue weighted by Gasteiger charge is -2.07. The lowest BCUT2D eigenvalue weighted by Crippen LogP contribution is -2.02. The van der Waals surface area contributed by atoms with Gasteiger partial charge < -0.3 is 9.84 Å². The van der Waals surface area contributed by atoms with Crippen LogP contribution in [0.4, 0.5) is 0 Å². The highest BCUT2D eigenvalue weighted by atomic mass is 16.5. The Hall–Kier alpha value is -1.51. The Morgan fingerprint density at radius 2 is 2.21 bits per heavy atom. The molecule has 0 heterocycles. The van der Waals surface area contributed by atoms with E-state index in [1.165, 1.54) is 6.92 Å². The molecule has 0 aliphatic carbocycles. The van der Waals surface area contributed by atoms with E-state index in [1.807, 2.05) is 13.0 Å². The van der Waals surface area contributed by atoms with Crippen molar-refractivity contribution in [2.24, 2.45) is 0 Å². The molecule has 3 heteroatoms. The third-order valence-corrected chi connectivity index (χ3v) is 1.86. The lowest BCUT2D eigenvalue weighted by atomic mass is 10.1. The first kappa shape index (κ1) is 10.6. The smallest absolute Gasteiger partial charge is 0.308 e. The molecule has 1 aromatic rings. The number of hydrogen-bond donors (Lipinski definition) is 1. The van der Waals surface area contributed by atoms with E-state index in [2.05, 4.69) is 0 Å². The quantitative estimate of drug-likeness (QED) is 0.593. The minimum atomic E-state index is -0.422. The maximum Gasteiger partial charge on any atom is 0.308 e. The van der Waals surface area contributed by atoms with Gasteiger partial charge in [0, 0.05) is 6.92 Å². The lowest BCUT2D eigenvalue weighted by molar-refractivity contribution is -0.132. The fraction of sp³-hybridized carbons (Fsp3) is 0.364. The number of rotatable bonds is 3. The minimum Gasteiger partial charge on any atom is -0.504 e. The number of esters is 1. The van der Waals surface area contributed by atoms with Crippen molar-refractivity contribution in [2.45, 2.75) is 26.7 Å². The molecule has 1 N–H and O–H groups in total. The summed E-state index contributed by atoms with van der Waals surface area (Å²) in [5, 5.41) is 9.69. The molecule has 0 aliphatic heterocycles. The molecule has 0 fully saturated rings. The zero-order valence-electron chi connectivity index (χ0n) is 8.41. The molecule has 0 bridgehead atoms. The van der Waals surface area contributed by atoms with Crippen molar-refractivity contribution in [3.63, 3.8) is 0 Å². The predicted octanol–water partition coefficient (Wildman–Crippen LogP) is 2.27. The molecule has 0 unspecified atom stereocenters. The van der Waals surface area contributed by atoms with E-state index in [4.69, 9.17) is 4.74 Å². The molecule has 14 heavy (non-hydrogen) atoms. The number of benzene rings is 1. The van der Waals surface area contributed by atoms with Crippen LogP contribution in [-0.2, 0) is 11.2 Å². The fourth-order valence-corrected chi connectivity index (χ4v) is 1.28. The van der Waals surface area contributed by atoms with Gasteiger partial charge >= 0.3 is 5.97 Å². The third kappa shape index (κ3) is 2.49. The number of phenols is 1. The molecule has 0 radical (unpaired) electrons. The van der Waals surface area contributed by atoms with Gasteiger partial charge in [-0.05, 0) is 18.1 Å². The van der Waals surface area contributed by atoms with Crippen molar-refractivity contribution < 1.29 is 14.6 Å². The molecule has 0 amide bonds. The van der Waals surface area contributed by atoms with E-state index in [0.717, 1.165) is 18.4 Å². The molecule has 1 aromatic carbocycles. The number of aromatic hydroxyl groups is 1.